The van der Waals surface area contributed by atoms with Crippen molar-refractivity contribution in [3.8, 4) is 11.5 Å². The van der Waals surface area contributed by atoms with E-state index in [2.05, 4.69) is 19.2 Å². The summed E-state index contributed by atoms with van der Waals surface area (Å²) in [6.07, 6.45) is 3.09. The molecule has 1 aliphatic rings. The molecule has 0 saturated heterocycles. The molecule has 0 atom stereocenters. The van der Waals surface area contributed by atoms with E-state index >= 15 is 0 Å². The fourth-order valence-corrected chi connectivity index (χ4v) is 4.28. The second kappa shape index (κ2) is 10.5. The van der Waals surface area contributed by atoms with Gasteiger partial charge in [0.1, 0.15) is 29.4 Å². The van der Waals surface area contributed by atoms with E-state index in [0.717, 1.165) is 24.0 Å². The van der Waals surface area contributed by atoms with Gasteiger partial charge in [0.05, 0.1) is 14.2 Å². The molecule has 7 heteroatoms. The first-order valence-electron chi connectivity index (χ1n) is 11.4. The summed E-state index contributed by atoms with van der Waals surface area (Å²) in [5.74, 6) is 0.631. The molecule has 3 rings (SSSR count). The van der Waals surface area contributed by atoms with Crippen LogP contribution >= 0.6 is 0 Å². The van der Waals surface area contributed by atoms with Gasteiger partial charge in [0.2, 0.25) is 5.91 Å². The van der Waals surface area contributed by atoms with Crippen molar-refractivity contribution in [2.75, 3.05) is 26.1 Å². The van der Waals surface area contributed by atoms with E-state index in [1.54, 1.807) is 37.3 Å². The Kier molecular flexibility index (Phi) is 7.74. The molecule has 2 amide bonds. The van der Waals surface area contributed by atoms with Crippen LogP contribution < -0.4 is 14.8 Å². The first-order valence-corrected chi connectivity index (χ1v) is 11.4. The van der Waals surface area contributed by atoms with Crippen LogP contribution in [-0.2, 0) is 9.59 Å². The molecule has 33 heavy (non-hydrogen) atoms. The SMILES string of the molecule is CCCC1(CCC)N=C(c2ccc(C)cc2)C(=O)N1CC(=O)Nc1cc(OC)cc(OC)c1. The average molecular weight is 452 g/mol. The number of carbonyl (C=O) groups is 2. The number of ether oxygens (including phenoxy) is 2. The van der Waals surface area contributed by atoms with Crippen LogP contribution in [-0.4, -0.2) is 48.9 Å². The highest BCUT2D eigenvalue weighted by atomic mass is 16.5. The zero-order chi connectivity index (χ0) is 24.0. The van der Waals surface area contributed by atoms with Crippen LogP contribution in [0.4, 0.5) is 5.69 Å². The van der Waals surface area contributed by atoms with Crippen LogP contribution in [0.1, 0.15) is 50.7 Å². The van der Waals surface area contributed by atoms with Crippen LogP contribution in [0.3, 0.4) is 0 Å². The van der Waals surface area contributed by atoms with Crippen molar-refractivity contribution >= 4 is 23.2 Å². The predicted octanol–water partition coefficient (Wildman–Crippen LogP) is 4.58. The second-order valence-electron chi connectivity index (χ2n) is 8.35. The van der Waals surface area contributed by atoms with Crippen molar-refractivity contribution < 1.29 is 19.1 Å². The highest BCUT2D eigenvalue weighted by Gasteiger charge is 2.46. The second-order valence-corrected chi connectivity index (χ2v) is 8.35. The van der Waals surface area contributed by atoms with Crippen molar-refractivity contribution in [3.63, 3.8) is 0 Å². The number of aryl methyl sites for hydroxylation is 1. The fourth-order valence-electron chi connectivity index (χ4n) is 4.28. The third kappa shape index (κ3) is 5.35. The number of carbonyl (C=O) groups excluding carboxylic acids is 2. The van der Waals surface area contributed by atoms with Crippen molar-refractivity contribution in [1.82, 2.24) is 4.90 Å². The number of aliphatic imine (C=N–C) groups is 1. The van der Waals surface area contributed by atoms with E-state index in [0.29, 0.717) is 35.7 Å². The lowest BCUT2D eigenvalue weighted by Gasteiger charge is -2.36. The van der Waals surface area contributed by atoms with Crippen molar-refractivity contribution in [2.45, 2.75) is 52.1 Å². The third-order valence-corrected chi connectivity index (χ3v) is 5.83. The smallest absolute Gasteiger partial charge is 0.275 e. The molecule has 176 valence electrons. The molecular formula is C26H33N3O4. The van der Waals surface area contributed by atoms with Crippen LogP contribution in [0, 0.1) is 6.92 Å². The highest BCUT2D eigenvalue weighted by Crippen LogP contribution is 2.35. The van der Waals surface area contributed by atoms with Gasteiger partial charge in [-0.2, -0.15) is 0 Å². The van der Waals surface area contributed by atoms with Crippen molar-refractivity contribution in [2.24, 2.45) is 4.99 Å². The topological polar surface area (TPSA) is 80.2 Å². The standard InChI is InChI=1S/C26H33N3O4/c1-6-12-26(13-7-2)28-24(19-10-8-18(3)9-11-19)25(31)29(26)17-23(30)27-20-14-21(32-4)16-22(15-20)33-5/h8-11,14-16H,6-7,12-13,17H2,1-5H3,(H,27,30). The van der Waals surface area contributed by atoms with Crippen LogP contribution in [0.2, 0.25) is 0 Å². The van der Waals surface area contributed by atoms with Crippen LogP contribution in [0.15, 0.2) is 47.5 Å². The summed E-state index contributed by atoms with van der Waals surface area (Å²) in [5.41, 5.74) is 2.14. The van der Waals surface area contributed by atoms with Crippen LogP contribution in [0.5, 0.6) is 11.5 Å². The predicted molar refractivity (Wildman–Crippen MR) is 130 cm³/mol. The Balaban J connectivity index is 1.89. The quantitative estimate of drug-likeness (QED) is 0.573. The normalized spacial score (nSPS) is 14.8. The highest BCUT2D eigenvalue weighted by molar-refractivity contribution is 6.47. The number of rotatable bonds is 10. The van der Waals surface area contributed by atoms with Gasteiger partial charge in [-0.3, -0.25) is 14.6 Å². The van der Waals surface area contributed by atoms with Crippen molar-refractivity contribution in [3.05, 3.63) is 53.6 Å². The first kappa shape index (κ1) is 24.3. The minimum absolute atomic E-state index is 0.0861. The van der Waals surface area contributed by atoms with E-state index in [-0.39, 0.29) is 18.4 Å². The summed E-state index contributed by atoms with van der Waals surface area (Å²) in [5, 5.41) is 2.88. The molecule has 2 aromatic carbocycles. The van der Waals surface area contributed by atoms with E-state index < -0.39 is 5.66 Å². The Morgan fingerprint density at radius 2 is 1.58 bits per heavy atom. The van der Waals surface area contributed by atoms with Gasteiger partial charge in [0.15, 0.2) is 0 Å². The molecule has 0 radical (unpaired) electrons. The number of amides is 2. The number of hydrogen-bond donors (Lipinski definition) is 1. The molecule has 0 fully saturated rings. The Labute approximate surface area is 195 Å². The summed E-state index contributed by atoms with van der Waals surface area (Å²) in [6.45, 7) is 6.06. The molecule has 1 heterocycles. The van der Waals surface area contributed by atoms with E-state index in [1.807, 2.05) is 31.2 Å². The molecule has 0 spiro atoms. The average Bonchev–Trinajstić information content (AvgIpc) is 3.06. The summed E-state index contributed by atoms with van der Waals surface area (Å²) in [6, 6.07) is 12.9. The Bertz CT molecular complexity index is 1000. The lowest BCUT2D eigenvalue weighted by Crippen LogP contribution is -2.50. The van der Waals surface area contributed by atoms with Gasteiger partial charge >= 0.3 is 0 Å². The molecule has 1 aliphatic heterocycles. The largest absolute Gasteiger partial charge is 0.497 e. The van der Waals surface area contributed by atoms with Gasteiger partial charge in [-0.15, -0.1) is 0 Å². The molecule has 0 bridgehead atoms. The Morgan fingerprint density at radius 3 is 2.09 bits per heavy atom. The maximum Gasteiger partial charge on any atom is 0.275 e. The summed E-state index contributed by atoms with van der Waals surface area (Å²) in [7, 11) is 3.11. The van der Waals surface area contributed by atoms with Crippen LogP contribution in [0.25, 0.3) is 0 Å². The molecule has 1 N–H and O–H groups in total. The fraction of sp³-hybridized carbons (Fsp3) is 0.423. The molecule has 0 unspecified atom stereocenters. The number of nitrogens with one attached hydrogen (secondary N) is 1. The summed E-state index contributed by atoms with van der Waals surface area (Å²) < 4.78 is 10.6. The number of hydrogen-bond acceptors (Lipinski definition) is 5. The molecule has 0 aliphatic carbocycles. The maximum absolute atomic E-state index is 13.5. The van der Waals surface area contributed by atoms with Gasteiger partial charge in [0.25, 0.3) is 5.91 Å². The summed E-state index contributed by atoms with van der Waals surface area (Å²) in [4.78, 5) is 33.2. The number of benzene rings is 2. The zero-order valence-corrected chi connectivity index (χ0v) is 20.1. The third-order valence-electron chi connectivity index (χ3n) is 5.83. The number of anilines is 1. The van der Waals surface area contributed by atoms with Gasteiger partial charge in [-0.05, 0) is 19.8 Å². The lowest BCUT2D eigenvalue weighted by atomic mass is 9.97. The van der Waals surface area contributed by atoms with Gasteiger partial charge in [0, 0.05) is 29.4 Å². The number of methoxy groups -OCH3 is 2. The minimum atomic E-state index is -0.718. The molecule has 0 saturated carbocycles. The molecule has 7 nitrogen and oxygen atoms in total. The van der Waals surface area contributed by atoms with Gasteiger partial charge in [-0.25, -0.2) is 0 Å². The maximum atomic E-state index is 13.5. The first-order chi connectivity index (χ1) is 15.9. The monoisotopic (exact) mass is 451 g/mol. The van der Waals surface area contributed by atoms with Crippen molar-refractivity contribution in [1.29, 1.82) is 0 Å². The zero-order valence-electron chi connectivity index (χ0n) is 20.1. The molecule has 2 aromatic rings. The van der Waals surface area contributed by atoms with E-state index in [9.17, 15) is 9.59 Å². The van der Waals surface area contributed by atoms with Gasteiger partial charge < -0.3 is 19.7 Å². The van der Waals surface area contributed by atoms with E-state index in [4.69, 9.17) is 14.5 Å². The Morgan fingerprint density at radius 1 is 1.00 bits per heavy atom. The summed E-state index contributed by atoms with van der Waals surface area (Å²) >= 11 is 0. The lowest BCUT2D eigenvalue weighted by molar-refractivity contribution is -0.133. The van der Waals surface area contributed by atoms with E-state index in [1.165, 1.54) is 0 Å². The minimum Gasteiger partial charge on any atom is -0.497 e. The molecular weight excluding hydrogens is 418 g/mol. The van der Waals surface area contributed by atoms with Gasteiger partial charge in [-0.1, -0.05) is 56.5 Å². The molecule has 0 aromatic heterocycles. The Hall–Kier alpha value is -3.35. The number of nitrogens with zero attached hydrogens (tertiary/aromatic N) is 2.